The molecule has 0 atom stereocenters. The van der Waals surface area contributed by atoms with Crippen LogP contribution >= 0.6 is 11.6 Å². The number of halogens is 1. The first-order valence-electron chi connectivity index (χ1n) is 9.41. The maximum absolute atomic E-state index is 12.3. The summed E-state index contributed by atoms with van der Waals surface area (Å²) < 4.78 is 10.6. The molecule has 0 unspecified atom stereocenters. The Hall–Kier alpha value is -2.57. The van der Waals surface area contributed by atoms with Crippen LogP contribution in [0, 0.1) is 6.92 Å². The number of carbonyl (C=O) groups is 2. The van der Waals surface area contributed by atoms with E-state index in [1.165, 1.54) is 6.07 Å². The number of rotatable bonds is 9. The largest absolute Gasteiger partial charge is 0.483 e. The molecule has 2 amide bonds. The molecule has 0 saturated heterocycles. The smallest absolute Gasteiger partial charge is 0.262 e. The van der Waals surface area contributed by atoms with Crippen LogP contribution in [0.2, 0.25) is 5.02 Å². The predicted octanol–water partition coefficient (Wildman–Crippen LogP) is 4.17. The van der Waals surface area contributed by atoms with Crippen LogP contribution in [0.1, 0.15) is 41.3 Å². The number of aryl methyl sites for hydroxylation is 1. The van der Waals surface area contributed by atoms with Gasteiger partial charge in [-0.25, -0.2) is 0 Å². The first-order chi connectivity index (χ1) is 13.8. The van der Waals surface area contributed by atoms with Gasteiger partial charge in [0, 0.05) is 19.3 Å². The Balaban J connectivity index is 1.97. The molecule has 0 radical (unpaired) electrons. The van der Waals surface area contributed by atoms with E-state index in [1.807, 2.05) is 25.1 Å². The van der Waals surface area contributed by atoms with Gasteiger partial charge in [-0.05, 0) is 48.2 Å². The molecule has 0 spiro atoms. The van der Waals surface area contributed by atoms with Crippen LogP contribution in [-0.2, 0) is 9.53 Å². The van der Waals surface area contributed by atoms with Gasteiger partial charge in [0.2, 0.25) is 0 Å². The fourth-order valence-corrected chi connectivity index (χ4v) is 2.99. The lowest BCUT2D eigenvalue weighted by Gasteiger charge is -2.15. The van der Waals surface area contributed by atoms with Crippen molar-refractivity contribution >= 4 is 29.1 Å². The molecule has 0 heterocycles. The van der Waals surface area contributed by atoms with Crippen molar-refractivity contribution in [3.05, 3.63) is 58.1 Å². The van der Waals surface area contributed by atoms with Gasteiger partial charge in [0.1, 0.15) is 5.75 Å². The molecule has 2 N–H and O–H groups in total. The van der Waals surface area contributed by atoms with Gasteiger partial charge >= 0.3 is 0 Å². The molecule has 0 fully saturated rings. The maximum atomic E-state index is 12.3. The van der Waals surface area contributed by atoms with E-state index in [-0.39, 0.29) is 29.4 Å². The Morgan fingerprint density at radius 1 is 1.14 bits per heavy atom. The molecule has 0 bridgehead atoms. The molecule has 7 heteroatoms. The van der Waals surface area contributed by atoms with Gasteiger partial charge in [0.05, 0.1) is 17.2 Å². The van der Waals surface area contributed by atoms with Gasteiger partial charge in [0.15, 0.2) is 6.61 Å². The van der Waals surface area contributed by atoms with E-state index in [2.05, 4.69) is 24.5 Å². The van der Waals surface area contributed by atoms with E-state index in [0.717, 1.165) is 11.1 Å². The lowest BCUT2D eigenvalue weighted by molar-refractivity contribution is -0.118. The number of hydrogen-bond donors (Lipinski definition) is 2. The summed E-state index contributed by atoms with van der Waals surface area (Å²) in [7, 11) is 1.56. The number of ether oxygens (including phenoxy) is 2. The minimum atomic E-state index is -0.311. The second-order valence-electron chi connectivity index (χ2n) is 6.98. The monoisotopic (exact) mass is 418 g/mol. The van der Waals surface area contributed by atoms with Crippen molar-refractivity contribution in [2.75, 3.05) is 32.2 Å². The number of benzene rings is 2. The Kier molecular flexibility index (Phi) is 8.49. The van der Waals surface area contributed by atoms with Crippen molar-refractivity contribution < 1.29 is 19.1 Å². The summed E-state index contributed by atoms with van der Waals surface area (Å²) in [5.41, 5.74) is 2.94. The maximum Gasteiger partial charge on any atom is 0.262 e. The number of amides is 2. The van der Waals surface area contributed by atoms with E-state index in [9.17, 15) is 9.59 Å². The molecule has 0 aliphatic heterocycles. The molecule has 2 aromatic rings. The third kappa shape index (κ3) is 6.76. The second-order valence-corrected chi connectivity index (χ2v) is 7.38. The molecule has 156 valence electrons. The quantitative estimate of drug-likeness (QED) is 0.599. The number of carbonyl (C=O) groups excluding carboxylic acids is 2. The zero-order valence-corrected chi connectivity index (χ0v) is 17.9. The third-order valence-corrected chi connectivity index (χ3v) is 4.55. The van der Waals surface area contributed by atoms with Crippen molar-refractivity contribution in [3.63, 3.8) is 0 Å². The molecular formula is C22H27ClN2O4. The van der Waals surface area contributed by atoms with Crippen LogP contribution < -0.4 is 15.4 Å². The van der Waals surface area contributed by atoms with E-state index in [1.54, 1.807) is 19.2 Å². The molecule has 0 aliphatic carbocycles. The molecule has 29 heavy (non-hydrogen) atoms. The average Bonchev–Trinajstić information content (AvgIpc) is 2.66. The minimum Gasteiger partial charge on any atom is -0.483 e. The summed E-state index contributed by atoms with van der Waals surface area (Å²) in [5.74, 6) is 0.384. The Morgan fingerprint density at radius 2 is 1.90 bits per heavy atom. The highest BCUT2D eigenvalue weighted by Crippen LogP contribution is 2.27. The van der Waals surface area contributed by atoms with E-state index in [0.29, 0.717) is 30.2 Å². The molecule has 0 aromatic heterocycles. The van der Waals surface area contributed by atoms with Gasteiger partial charge in [-0.15, -0.1) is 0 Å². The molecule has 0 saturated carbocycles. The second kappa shape index (κ2) is 10.8. The lowest BCUT2D eigenvalue weighted by Crippen LogP contribution is -2.27. The van der Waals surface area contributed by atoms with Crippen LogP contribution in [0.25, 0.3) is 0 Å². The highest BCUT2D eigenvalue weighted by Gasteiger charge is 2.13. The van der Waals surface area contributed by atoms with Gasteiger partial charge < -0.3 is 20.1 Å². The van der Waals surface area contributed by atoms with Crippen LogP contribution in [0.15, 0.2) is 36.4 Å². The summed E-state index contributed by atoms with van der Waals surface area (Å²) in [4.78, 5) is 24.4. The Morgan fingerprint density at radius 3 is 2.55 bits per heavy atom. The molecule has 6 nitrogen and oxygen atoms in total. The van der Waals surface area contributed by atoms with Crippen LogP contribution in [0.5, 0.6) is 5.75 Å². The molecule has 2 aromatic carbocycles. The highest BCUT2D eigenvalue weighted by molar-refractivity contribution is 6.34. The van der Waals surface area contributed by atoms with Crippen LogP contribution in [0.4, 0.5) is 5.69 Å². The number of anilines is 1. The van der Waals surface area contributed by atoms with Gasteiger partial charge in [-0.3, -0.25) is 9.59 Å². The van der Waals surface area contributed by atoms with Crippen LogP contribution in [-0.4, -0.2) is 38.7 Å². The molecular weight excluding hydrogens is 392 g/mol. The average molecular weight is 419 g/mol. The Bertz CT molecular complexity index is 868. The fourth-order valence-electron chi connectivity index (χ4n) is 2.72. The number of nitrogens with one attached hydrogen (secondary N) is 2. The van der Waals surface area contributed by atoms with Gasteiger partial charge in [0.25, 0.3) is 11.8 Å². The standard InChI is InChI=1S/C22H27ClN2O4/c1-14(2)17-7-5-15(3)11-20(17)29-13-21(26)25-16-6-8-18(19(23)12-16)22(27)24-9-10-28-4/h5-8,11-12,14H,9-10,13H2,1-4H3,(H,24,27)(H,25,26). The van der Waals surface area contributed by atoms with Crippen molar-refractivity contribution in [1.29, 1.82) is 0 Å². The summed E-state index contributed by atoms with van der Waals surface area (Å²) in [6.07, 6.45) is 0. The lowest BCUT2D eigenvalue weighted by atomic mass is 10.0. The molecule has 0 aliphatic rings. The van der Waals surface area contributed by atoms with E-state index in [4.69, 9.17) is 21.1 Å². The first kappa shape index (κ1) is 22.7. The zero-order valence-electron chi connectivity index (χ0n) is 17.2. The number of hydrogen-bond acceptors (Lipinski definition) is 4. The SMILES string of the molecule is COCCNC(=O)c1ccc(NC(=O)COc2cc(C)ccc2C(C)C)cc1Cl. The summed E-state index contributed by atoms with van der Waals surface area (Å²) in [6, 6.07) is 10.7. The van der Waals surface area contributed by atoms with Crippen molar-refractivity contribution in [1.82, 2.24) is 5.32 Å². The highest BCUT2D eigenvalue weighted by atomic mass is 35.5. The molecule has 2 rings (SSSR count). The minimum absolute atomic E-state index is 0.125. The zero-order chi connectivity index (χ0) is 21.4. The van der Waals surface area contributed by atoms with Crippen LogP contribution in [0.3, 0.4) is 0 Å². The number of methoxy groups -OCH3 is 1. The first-order valence-corrected chi connectivity index (χ1v) is 9.79. The van der Waals surface area contributed by atoms with E-state index >= 15 is 0 Å². The predicted molar refractivity (Wildman–Crippen MR) is 115 cm³/mol. The fraction of sp³-hybridized carbons (Fsp3) is 0.364. The summed E-state index contributed by atoms with van der Waals surface area (Å²) in [5, 5.41) is 5.69. The van der Waals surface area contributed by atoms with E-state index < -0.39 is 0 Å². The van der Waals surface area contributed by atoms with Gasteiger partial charge in [-0.2, -0.15) is 0 Å². The van der Waals surface area contributed by atoms with Crippen molar-refractivity contribution in [3.8, 4) is 5.75 Å². The van der Waals surface area contributed by atoms with Crippen molar-refractivity contribution in [2.24, 2.45) is 0 Å². The van der Waals surface area contributed by atoms with Gasteiger partial charge in [-0.1, -0.05) is 37.6 Å². The van der Waals surface area contributed by atoms with Crippen molar-refractivity contribution in [2.45, 2.75) is 26.7 Å². The summed E-state index contributed by atoms with van der Waals surface area (Å²) in [6.45, 7) is 6.81. The summed E-state index contributed by atoms with van der Waals surface area (Å²) >= 11 is 6.19. The third-order valence-electron chi connectivity index (χ3n) is 4.24. The topological polar surface area (TPSA) is 76.7 Å². The Labute approximate surface area is 176 Å². The normalized spacial score (nSPS) is 10.7.